The molecule has 0 saturated carbocycles. The van der Waals surface area contributed by atoms with E-state index in [9.17, 15) is 4.79 Å². The lowest BCUT2D eigenvalue weighted by Gasteiger charge is -2.23. The monoisotopic (exact) mass is 274 g/mol. The van der Waals surface area contributed by atoms with Crippen LogP contribution in [0.3, 0.4) is 0 Å². The van der Waals surface area contributed by atoms with Gasteiger partial charge in [-0.15, -0.1) is 0 Å². The lowest BCUT2D eigenvalue weighted by atomic mass is 10.2. The van der Waals surface area contributed by atoms with Gasteiger partial charge in [0.15, 0.2) is 0 Å². The number of ether oxygens (including phenoxy) is 1. The van der Waals surface area contributed by atoms with Crippen LogP contribution in [0, 0.1) is 0 Å². The van der Waals surface area contributed by atoms with Crippen LogP contribution in [0.4, 0.5) is 0 Å². The van der Waals surface area contributed by atoms with Crippen molar-refractivity contribution >= 4 is 16.9 Å². The number of benzene rings is 1. The maximum atomic E-state index is 12.1. The van der Waals surface area contributed by atoms with Crippen LogP contribution < -0.4 is 10.6 Å². The predicted octanol–water partition coefficient (Wildman–Crippen LogP) is 0.292. The number of fused-ring (bicyclic) bond motifs is 1. The molecule has 1 amide bonds. The van der Waals surface area contributed by atoms with Crippen molar-refractivity contribution < 1.29 is 9.53 Å². The Hall–Kier alpha value is -1.92. The largest absolute Gasteiger partial charge is 0.374 e. The first-order chi connectivity index (χ1) is 9.74. The molecule has 2 aromatic rings. The van der Waals surface area contributed by atoms with Crippen LogP contribution in [0.2, 0.25) is 0 Å². The number of nitrogens with zero attached hydrogens (tertiary/aromatic N) is 2. The SMILES string of the molecule is Cn1cnc2cc(C(=O)NCC3CNCCO3)ccc21. The van der Waals surface area contributed by atoms with E-state index in [0.29, 0.717) is 18.7 Å². The van der Waals surface area contributed by atoms with E-state index in [1.54, 1.807) is 6.33 Å². The molecule has 3 rings (SSSR count). The summed E-state index contributed by atoms with van der Waals surface area (Å²) in [6.07, 6.45) is 1.79. The van der Waals surface area contributed by atoms with E-state index in [1.165, 1.54) is 0 Å². The maximum Gasteiger partial charge on any atom is 0.251 e. The third kappa shape index (κ3) is 2.66. The van der Waals surface area contributed by atoms with Gasteiger partial charge in [0.2, 0.25) is 0 Å². The molecular weight excluding hydrogens is 256 g/mol. The minimum Gasteiger partial charge on any atom is -0.374 e. The number of rotatable bonds is 3. The third-order valence-electron chi connectivity index (χ3n) is 3.48. The summed E-state index contributed by atoms with van der Waals surface area (Å²) in [6, 6.07) is 5.54. The molecule has 2 N–H and O–H groups in total. The van der Waals surface area contributed by atoms with Gasteiger partial charge >= 0.3 is 0 Å². The number of amides is 1. The van der Waals surface area contributed by atoms with Crippen LogP contribution in [0.1, 0.15) is 10.4 Å². The molecule has 0 spiro atoms. The normalized spacial score (nSPS) is 19.1. The van der Waals surface area contributed by atoms with Gasteiger partial charge in [-0.1, -0.05) is 0 Å². The quantitative estimate of drug-likeness (QED) is 0.844. The zero-order valence-electron chi connectivity index (χ0n) is 11.4. The van der Waals surface area contributed by atoms with Gasteiger partial charge in [-0.3, -0.25) is 4.79 Å². The van der Waals surface area contributed by atoms with Crippen molar-refractivity contribution in [2.75, 3.05) is 26.2 Å². The second-order valence-corrected chi connectivity index (χ2v) is 4.97. The number of aromatic nitrogens is 2. The van der Waals surface area contributed by atoms with Crippen molar-refractivity contribution in [2.24, 2.45) is 7.05 Å². The van der Waals surface area contributed by atoms with Crippen LogP contribution >= 0.6 is 0 Å². The van der Waals surface area contributed by atoms with Crippen molar-refractivity contribution in [2.45, 2.75) is 6.10 Å². The average molecular weight is 274 g/mol. The molecule has 1 unspecified atom stereocenters. The second kappa shape index (κ2) is 5.60. The van der Waals surface area contributed by atoms with Crippen LogP contribution in [0.25, 0.3) is 11.0 Å². The molecular formula is C14H18N4O2. The highest BCUT2D eigenvalue weighted by Crippen LogP contribution is 2.13. The van der Waals surface area contributed by atoms with Gasteiger partial charge in [0.25, 0.3) is 5.91 Å². The zero-order valence-corrected chi connectivity index (χ0v) is 11.4. The van der Waals surface area contributed by atoms with Crippen molar-refractivity contribution in [3.05, 3.63) is 30.1 Å². The van der Waals surface area contributed by atoms with Gasteiger partial charge in [-0.25, -0.2) is 4.98 Å². The van der Waals surface area contributed by atoms with Crippen LogP contribution in [0.5, 0.6) is 0 Å². The summed E-state index contributed by atoms with van der Waals surface area (Å²) in [6.45, 7) is 2.87. The van der Waals surface area contributed by atoms with E-state index in [0.717, 1.165) is 24.1 Å². The van der Waals surface area contributed by atoms with E-state index in [4.69, 9.17) is 4.74 Å². The fraction of sp³-hybridized carbons (Fsp3) is 0.429. The van der Waals surface area contributed by atoms with E-state index < -0.39 is 0 Å². The summed E-state index contributed by atoms with van der Waals surface area (Å²) in [5.41, 5.74) is 2.47. The first-order valence-electron chi connectivity index (χ1n) is 6.75. The highest BCUT2D eigenvalue weighted by atomic mass is 16.5. The summed E-state index contributed by atoms with van der Waals surface area (Å²) < 4.78 is 7.47. The Balaban J connectivity index is 1.65. The number of aryl methyl sites for hydroxylation is 1. The van der Waals surface area contributed by atoms with E-state index in [2.05, 4.69) is 15.6 Å². The molecule has 1 saturated heterocycles. The fourth-order valence-corrected chi connectivity index (χ4v) is 2.34. The Morgan fingerprint density at radius 2 is 2.50 bits per heavy atom. The Morgan fingerprint density at radius 3 is 3.30 bits per heavy atom. The molecule has 1 aliphatic heterocycles. The first kappa shape index (κ1) is 13.1. The molecule has 1 atom stereocenters. The van der Waals surface area contributed by atoms with Crippen LogP contribution in [-0.2, 0) is 11.8 Å². The van der Waals surface area contributed by atoms with Gasteiger partial charge < -0.3 is 19.9 Å². The molecule has 1 aliphatic rings. The minimum absolute atomic E-state index is 0.0475. The zero-order chi connectivity index (χ0) is 13.9. The molecule has 106 valence electrons. The van der Waals surface area contributed by atoms with E-state index >= 15 is 0 Å². The lowest BCUT2D eigenvalue weighted by molar-refractivity contribution is 0.0287. The minimum atomic E-state index is -0.0910. The Kier molecular flexibility index (Phi) is 3.66. The fourth-order valence-electron chi connectivity index (χ4n) is 2.34. The predicted molar refractivity (Wildman–Crippen MR) is 75.7 cm³/mol. The van der Waals surface area contributed by atoms with Crippen molar-refractivity contribution in [1.29, 1.82) is 0 Å². The molecule has 1 fully saturated rings. The van der Waals surface area contributed by atoms with Crippen LogP contribution in [0.15, 0.2) is 24.5 Å². The van der Waals surface area contributed by atoms with Gasteiger partial charge in [0.1, 0.15) is 0 Å². The molecule has 0 bridgehead atoms. The van der Waals surface area contributed by atoms with E-state index in [1.807, 2.05) is 29.8 Å². The Morgan fingerprint density at radius 1 is 1.60 bits per heavy atom. The van der Waals surface area contributed by atoms with Crippen molar-refractivity contribution in [3.8, 4) is 0 Å². The first-order valence-corrected chi connectivity index (χ1v) is 6.75. The molecule has 1 aromatic heterocycles. The maximum absolute atomic E-state index is 12.1. The molecule has 0 aliphatic carbocycles. The molecule has 6 heteroatoms. The Labute approximate surface area is 117 Å². The number of imidazole rings is 1. The van der Waals surface area contributed by atoms with Gasteiger partial charge in [-0.2, -0.15) is 0 Å². The molecule has 0 radical (unpaired) electrons. The van der Waals surface area contributed by atoms with Crippen molar-refractivity contribution in [3.63, 3.8) is 0 Å². The van der Waals surface area contributed by atoms with Crippen molar-refractivity contribution in [1.82, 2.24) is 20.2 Å². The summed E-state index contributed by atoms with van der Waals surface area (Å²) in [5.74, 6) is -0.0910. The lowest BCUT2D eigenvalue weighted by Crippen LogP contribution is -2.45. The van der Waals surface area contributed by atoms with Gasteiger partial charge in [0, 0.05) is 32.2 Å². The Bertz CT molecular complexity index is 617. The van der Waals surface area contributed by atoms with Gasteiger partial charge in [0.05, 0.1) is 30.1 Å². The number of morpholine rings is 1. The summed E-state index contributed by atoms with van der Waals surface area (Å²) in [4.78, 5) is 16.4. The van der Waals surface area contributed by atoms with E-state index in [-0.39, 0.29) is 12.0 Å². The summed E-state index contributed by atoms with van der Waals surface area (Å²) in [7, 11) is 1.93. The molecule has 20 heavy (non-hydrogen) atoms. The topological polar surface area (TPSA) is 68.2 Å². The highest BCUT2D eigenvalue weighted by molar-refractivity contribution is 5.97. The summed E-state index contributed by atoms with van der Waals surface area (Å²) >= 11 is 0. The number of hydrogen-bond acceptors (Lipinski definition) is 4. The number of hydrogen-bond donors (Lipinski definition) is 2. The van der Waals surface area contributed by atoms with Crippen LogP contribution in [-0.4, -0.2) is 47.8 Å². The smallest absolute Gasteiger partial charge is 0.251 e. The number of nitrogens with one attached hydrogen (secondary N) is 2. The third-order valence-corrected chi connectivity index (χ3v) is 3.48. The number of carbonyl (C=O) groups excluding carboxylic acids is 1. The van der Waals surface area contributed by atoms with Gasteiger partial charge in [-0.05, 0) is 18.2 Å². The second-order valence-electron chi connectivity index (χ2n) is 4.97. The molecule has 2 heterocycles. The summed E-state index contributed by atoms with van der Waals surface area (Å²) in [5, 5.41) is 6.14. The molecule has 6 nitrogen and oxygen atoms in total. The highest BCUT2D eigenvalue weighted by Gasteiger charge is 2.15. The average Bonchev–Trinajstić information content (AvgIpc) is 2.87. The molecule has 1 aromatic carbocycles. The number of carbonyl (C=O) groups is 1. The standard InChI is InChI=1S/C14H18N4O2/c1-18-9-17-12-6-10(2-3-13(12)18)14(19)16-8-11-7-15-4-5-20-11/h2-3,6,9,11,15H,4-5,7-8H2,1H3,(H,16,19).